The summed E-state index contributed by atoms with van der Waals surface area (Å²) in [7, 11) is 0. The average Bonchev–Trinajstić information content (AvgIpc) is 3.92. The summed E-state index contributed by atoms with van der Waals surface area (Å²) in [5, 5.41) is 0. The number of unbranched alkanes of at least 4 members (excludes halogenated alkanes) is 16. The summed E-state index contributed by atoms with van der Waals surface area (Å²) < 4.78 is 13.8. The smallest absolute Gasteiger partial charge is 0.261 e. The van der Waals surface area contributed by atoms with Gasteiger partial charge in [0.2, 0.25) is 0 Å². The van der Waals surface area contributed by atoms with Crippen LogP contribution in [-0.4, -0.2) is 40.8 Å². The molecule has 1 aromatic rings. The van der Waals surface area contributed by atoms with Crippen molar-refractivity contribution in [1.29, 1.82) is 0 Å². The van der Waals surface area contributed by atoms with Crippen LogP contribution in [0.4, 0.5) is 0 Å². The molecule has 0 saturated heterocycles. The van der Waals surface area contributed by atoms with Gasteiger partial charge in [0.1, 0.15) is 11.8 Å². The predicted octanol–water partition coefficient (Wildman–Crippen LogP) is 14.4. The molecule has 3 aliphatic heterocycles. The molecule has 0 radical (unpaired) electrons. The second-order valence-electron chi connectivity index (χ2n) is 16.3. The minimum absolute atomic E-state index is 0.0677. The molecular formula is C46H72Br2N2O4. The molecule has 0 aliphatic carbocycles. The summed E-state index contributed by atoms with van der Waals surface area (Å²) in [6, 6.07) is 3.78. The molecule has 54 heavy (non-hydrogen) atoms. The normalized spacial score (nSPS) is 18.3. The molecule has 1 aromatic heterocycles. The zero-order valence-corrected chi connectivity index (χ0v) is 37.5. The summed E-state index contributed by atoms with van der Waals surface area (Å²) in [5.41, 5.74) is 2.45. The van der Waals surface area contributed by atoms with E-state index in [9.17, 15) is 0 Å². The molecule has 6 nitrogen and oxygen atoms in total. The average molecular weight is 877 g/mol. The number of amides is 2. The molecule has 0 spiro atoms. The molecular weight excluding hydrogens is 804 g/mol. The maximum atomic E-state index is 15.0. The molecule has 8 heteroatoms. The lowest BCUT2D eigenvalue weighted by Gasteiger charge is -2.31. The Balaban J connectivity index is 1.66. The van der Waals surface area contributed by atoms with E-state index in [2.05, 4.69) is 59.6 Å². The van der Waals surface area contributed by atoms with Gasteiger partial charge in [0.25, 0.3) is 11.8 Å². The highest BCUT2D eigenvalue weighted by Crippen LogP contribution is 2.48. The number of carbonyl (C=O) groups is 2. The Morgan fingerprint density at radius 1 is 0.611 bits per heavy atom. The standard InChI is InChI=1S/C46H72Br2N2O4/c1-5-9-13-17-19-23-27-35(25-21-15-11-7-3)33-49-43(37-29-31-39(47)53-37)41-42(45(49)51)44(38-30-32-40(48)54-38)50(46(41)52)34-36(26-22-16-12-8-4)28-24-20-18-14-10-6-2/h29,31-32,35-36,38H,5-28,30,33-34H2,1-4H3. The Morgan fingerprint density at radius 3 is 1.50 bits per heavy atom. The maximum Gasteiger partial charge on any atom is 0.261 e. The first-order chi connectivity index (χ1) is 26.3. The molecule has 0 fully saturated rings. The van der Waals surface area contributed by atoms with Crippen LogP contribution in [-0.2, 0) is 14.3 Å². The fourth-order valence-electron chi connectivity index (χ4n) is 8.73. The van der Waals surface area contributed by atoms with Crippen LogP contribution >= 0.6 is 31.9 Å². The number of hydrogen-bond acceptors (Lipinski definition) is 4. The fraction of sp³-hybridized carbons (Fsp3) is 0.739. The van der Waals surface area contributed by atoms with Crippen molar-refractivity contribution >= 4 is 49.4 Å². The minimum Gasteiger partial charge on any atom is -0.477 e. The van der Waals surface area contributed by atoms with Crippen LogP contribution in [0, 0.1) is 11.8 Å². The van der Waals surface area contributed by atoms with E-state index in [1.807, 2.05) is 28.0 Å². The van der Waals surface area contributed by atoms with Crippen LogP contribution in [0.3, 0.4) is 0 Å². The summed E-state index contributed by atoms with van der Waals surface area (Å²) in [4.78, 5) is 33.9. The molecule has 3 aliphatic rings. The van der Waals surface area contributed by atoms with Gasteiger partial charge in [0.05, 0.1) is 16.8 Å². The van der Waals surface area contributed by atoms with Gasteiger partial charge in [-0.2, -0.15) is 0 Å². The van der Waals surface area contributed by atoms with Crippen molar-refractivity contribution in [2.75, 3.05) is 13.1 Å². The first-order valence-corrected chi connectivity index (χ1v) is 23.8. The van der Waals surface area contributed by atoms with Crippen molar-refractivity contribution in [3.8, 4) is 0 Å². The zero-order chi connectivity index (χ0) is 38.7. The van der Waals surface area contributed by atoms with Crippen molar-refractivity contribution in [1.82, 2.24) is 9.80 Å². The van der Waals surface area contributed by atoms with E-state index in [-0.39, 0.29) is 17.9 Å². The molecule has 0 bridgehead atoms. The van der Waals surface area contributed by atoms with E-state index in [0.29, 0.717) is 63.3 Å². The first kappa shape index (κ1) is 44.9. The van der Waals surface area contributed by atoms with E-state index in [1.165, 1.54) is 128 Å². The number of furan rings is 1. The summed E-state index contributed by atoms with van der Waals surface area (Å²) in [6.45, 7) is 10.3. The van der Waals surface area contributed by atoms with Gasteiger partial charge in [0.15, 0.2) is 15.1 Å². The second-order valence-corrected chi connectivity index (χ2v) is 17.9. The van der Waals surface area contributed by atoms with Crippen LogP contribution in [0.1, 0.15) is 194 Å². The lowest BCUT2D eigenvalue weighted by atomic mass is 9.93. The van der Waals surface area contributed by atoms with Gasteiger partial charge in [-0.3, -0.25) is 9.59 Å². The Kier molecular flexibility index (Phi) is 20.6. The maximum absolute atomic E-state index is 15.0. The van der Waals surface area contributed by atoms with E-state index in [4.69, 9.17) is 9.15 Å². The Bertz CT molecular complexity index is 1400. The van der Waals surface area contributed by atoms with Gasteiger partial charge in [0, 0.05) is 19.5 Å². The molecule has 3 atom stereocenters. The number of carbonyl (C=O) groups excluding carboxylic acids is 2. The lowest BCUT2D eigenvalue weighted by Crippen LogP contribution is -2.38. The van der Waals surface area contributed by atoms with Crippen LogP contribution in [0.2, 0.25) is 0 Å². The van der Waals surface area contributed by atoms with Crippen molar-refractivity contribution < 1.29 is 18.7 Å². The van der Waals surface area contributed by atoms with Gasteiger partial charge in [-0.05, 0) is 87.6 Å². The van der Waals surface area contributed by atoms with Gasteiger partial charge in [-0.1, -0.05) is 156 Å². The third-order valence-corrected chi connectivity index (χ3v) is 12.8. The lowest BCUT2D eigenvalue weighted by molar-refractivity contribution is -0.125. The second kappa shape index (κ2) is 24.8. The van der Waals surface area contributed by atoms with Crippen molar-refractivity contribution in [2.24, 2.45) is 11.8 Å². The summed E-state index contributed by atoms with van der Waals surface area (Å²) in [5.74, 6) is 1.18. The number of fused-ring (bicyclic) bond motifs is 1. The number of ether oxygens (including phenoxy) is 1. The Hall–Kier alpha value is -1.80. The van der Waals surface area contributed by atoms with Crippen molar-refractivity contribution in [2.45, 2.75) is 194 Å². The summed E-state index contributed by atoms with van der Waals surface area (Å²) >= 11 is 7.09. The third-order valence-electron chi connectivity index (χ3n) is 11.8. The number of hydrogen-bond donors (Lipinski definition) is 0. The topological polar surface area (TPSA) is 63.0 Å². The van der Waals surface area contributed by atoms with E-state index in [0.717, 1.165) is 31.4 Å². The van der Waals surface area contributed by atoms with Crippen molar-refractivity contribution in [3.63, 3.8) is 0 Å². The molecule has 4 heterocycles. The Morgan fingerprint density at radius 2 is 1.06 bits per heavy atom. The van der Waals surface area contributed by atoms with E-state index >= 15 is 9.59 Å². The molecule has 4 rings (SSSR count). The van der Waals surface area contributed by atoms with Crippen LogP contribution in [0.25, 0.3) is 5.70 Å². The third kappa shape index (κ3) is 13.1. The van der Waals surface area contributed by atoms with E-state index in [1.54, 1.807) is 0 Å². The molecule has 304 valence electrons. The van der Waals surface area contributed by atoms with Crippen LogP contribution < -0.4 is 0 Å². The Labute approximate surface area is 345 Å². The molecule has 2 amide bonds. The first-order valence-electron chi connectivity index (χ1n) is 22.2. The van der Waals surface area contributed by atoms with Gasteiger partial charge < -0.3 is 19.0 Å². The molecule has 3 unspecified atom stereocenters. The minimum atomic E-state index is -0.382. The van der Waals surface area contributed by atoms with Crippen LogP contribution in [0.15, 0.2) is 48.8 Å². The SMILES string of the molecule is CCCCCCCCC(CCCCCC)CN1C(=O)C2=C(C3CC=C(Br)O3)N(CC(CCCCCC)CCCCCCCC)C(=O)C2=C1c1ccc(Br)o1. The van der Waals surface area contributed by atoms with E-state index < -0.39 is 0 Å². The highest BCUT2D eigenvalue weighted by Gasteiger charge is 2.52. The summed E-state index contributed by atoms with van der Waals surface area (Å²) in [6.07, 6.45) is 31.5. The van der Waals surface area contributed by atoms with Gasteiger partial charge in [-0.15, -0.1) is 0 Å². The molecule has 0 N–H and O–H groups in total. The van der Waals surface area contributed by atoms with Crippen LogP contribution in [0.5, 0.6) is 0 Å². The van der Waals surface area contributed by atoms with Crippen molar-refractivity contribution in [3.05, 3.63) is 50.2 Å². The van der Waals surface area contributed by atoms with Gasteiger partial charge >= 0.3 is 0 Å². The van der Waals surface area contributed by atoms with Gasteiger partial charge in [-0.25, -0.2) is 0 Å². The molecule has 0 aromatic carbocycles. The fourth-order valence-corrected chi connectivity index (χ4v) is 9.44. The monoisotopic (exact) mass is 874 g/mol. The molecule has 0 saturated carbocycles. The predicted molar refractivity (Wildman–Crippen MR) is 231 cm³/mol. The number of halogens is 2. The number of nitrogens with zero attached hydrogens (tertiary/aromatic N) is 2. The quantitative estimate of drug-likeness (QED) is 0.0722. The number of rotatable bonds is 30. The highest BCUT2D eigenvalue weighted by atomic mass is 79.9. The largest absolute Gasteiger partial charge is 0.477 e. The zero-order valence-electron chi connectivity index (χ0n) is 34.3. The highest BCUT2D eigenvalue weighted by molar-refractivity contribution is 9.11.